The van der Waals surface area contributed by atoms with Gasteiger partial charge in [-0.25, -0.2) is 14.2 Å². The molecule has 0 fully saturated rings. The van der Waals surface area contributed by atoms with E-state index in [1.807, 2.05) is 6.92 Å². The molecule has 1 aromatic carbocycles. The van der Waals surface area contributed by atoms with Crippen LogP contribution in [-0.2, 0) is 7.05 Å². The van der Waals surface area contributed by atoms with Gasteiger partial charge in [-0.15, -0.1) is 0 Å². The topological polar surface area (TPSA) is 68.9 Å². The number of halogens is 1. The summed E-state index contributed by atoms with van der Waals surface area (Å²) in [5.41, 5.74) is 0.0970. The molecule has 0 saturated heterocycles. The van der Waals surface area contributed by atoms with Gasteiger partial charge in [-0.2, -0.15) is 4.98 Å². The number of hydrogen-bond acceptors (Lipinski definition) is 4. The van der Waals surface area contributed by atoms with Crippen molar-refractivity contribution in [3.05, 3.63) is 49.8 Å². The van der Waals surface area contributed by atoms with Crippen LogP contribution in [0.3, 0.4) is 0 Å². The maximum Gasteiger partial charge on any atom is 0.359 e. The molecule has 1 N–H and O–H groups in total. The fourth-order valence-corrected chi connectivity index (χ4v) is 2.08. The number of nitrogens with one attached hydrogen (secondary N) is 1. The first kappa shape index (κ1) is 13.4. The van der Waals surface area contributed by atoms with E-state index in [1.165, 1.54) is 11.6 Å². The van der Waals surface area contributed by atoms with Gasteiger partial charge in [0, 0.05) is 14.1 Å². The third-order valence-electron chi connectivity index (χ3n) is 2.76. The van der Waals surface area contributed by atoms with Gasteiger partial charge < -0.3 is 5.32 Å². The second-order valence-electron chi connectivity index (χ2n) is 4.10. The highest BCUT2D eigenvalue weighted by molar-refractivity contribution is 6.32. The van der Waals surface area contributed by atoms with E-state index in [2.05, 4.69) is 10.3 Å². The predicted octanol–water partition coefficient (Wildman–Crippen LogP) is 0.935. The molecule has 1 heterocycles. The van der Waals surface area contributed by atoms with Crippen molar-refractivity contribution < 1.29 is 0 Å². The Labute approximate surface area is 114 Å². The Balaban J connectivity index is 2.80. The van der Waals surface area contributed by atoms with Crippen LogP contribution >= 0.6 is 11.6 Å². The van der Waals surface area contributed by atoms with Crippen molar-refractivity contribution in [3.8, 4) is 5.69 Å². The van der Waals surface area contributed by atoms with Gasteiger partial charge in [0.2, 0.25) is 5.95 Å². The Bertz CT molecular complexity index is 748. The van der Waals surface area contributed by atoms with Crippen LogP contribution in [0.2, 0.25) is 5.02 Å². The smallest absolute Gasteiger partial charge is 0.358 e. The highest BCUT2D eigenvalue weighted by Gasteiger charge is 2.13. The maximum atomic E-state index is 12.2. The van der Waals surface area contributed by atoms with E-state index in [1.54, 1.807) is 25.2 Å². The fourth-order valence-electron chi connectivity index (χ4n) is 1.76. The normalized spacial score (nSPS) is 10.5. The molecule has 0 radical (unpaired) electrons. The highest BCUT2D eigenvalue weighted by atomic mass is 35.5. The van der Waals surface area contributed by atoms with Gasteiger partial charge in [-0.1, -0.05) is 17.7 Å². The third kappa shape index (κ3) is 2.26. The van der Waals surface area contributed by atoms with E-state index in [-0.39, 0.29) is 5.95 Å². The molecule has 0 saturated carbocycles. The molecule has 100 valence electrons. The zero-order chi connectivity index (χ0) is 14.2. The minimum atomic E-state index is -0.668. The molecule has 7 heteroatoms. The molecule has 0 bridgehead atoms. The second-order valence-corrected chi connectivity index (χ2v) is 4.51. The lowest BCUT2D eigenvalue weighted by molar-refractivity contribution is 0.702. The Morgan fingerprint density at radius 2 is 2.00 bits per heavy atom. The highest BCUT2D eigenvalue weighted by Crippen LogP contribution is 2.19. The number of nitrogens with zero attached hydrogens (tertiary/aromatic N) is 3. The van der Waals surface area contributed by atoms with Crippen molar-refractivity contribution in [3.63, 3.8) is 0 Å². The summed E-state index contributed by atoms with van der Waals surface area (Å²) in [4.78, 5) is 27.9. The first-order chi connectivity index (χ1) is 8.95. The van der Waals surface area contributed by atoms with E-state index in [0.717, 1.165) is 10.1 Å². The van der Waals surface area contributed by atoms with Gasteiger partial charge in [0.05, 0.1) is 10.7 Å². The summed E-state index contributed by atoms with van der Waals surface area (Å²) in [5, 5.41) is 3.02. The van der Waals surface area contributed by atoms with Crippen molar-refractivity contribution in [2.75, 3.05) is 12.4 Å². The van der Waals surface area contributed by atoms with Crippen LogP contribution in [0, 0.1) is 6.92 Å². The minimum Gasteiger partial charge on any atom is -0.358 e. The van der Waals surface area contributed by atoms with Crippen molar-refractivity contribution in [1.29, 1.82) is 0 Å². The summed E-state index contributed by atoms with van der Waals surface area (Å²) >= 11 is 6.08. The third-order valence-corrected chi connectivity index (χ3v) is 3.06. The summed E-state index contributed by atoms with van der Waals surface area (Å²) in [6.45, 7) is 1.87. The van der Waals surface area contributed by atoms with Gasteiger partial charge in [-0.3, -0.25) is 4.57 Å². The maximum absolute atomic E-state index is 12.2. The first-order valence-corrected chi connectivity index (χ1v) is 5.98. The summed E-state index contributed by atoms with van der Waals surface area (Å²) in [7, 11) is 3.11. The molecule has 2 aromatic rings. The number of rotatable bonds is 2. The second kappa shape index (κ2) is 4.89. The van der Waals surface area contributed by atoms with E-state index < -0.39 is 11.4 Å². The fraction of sp³-hybridized carbons (Fsp3) is 0.250. The van der Waals surface area contributed by atoms with Crippen LogP contribution in [0.25, 0.3) is 5.69 Å². The quantitative estimate of drug-likeness (QED) is 0.889. The molecule has 0 aliphatic rings. The van der Waals surface area contributed by atoms with Crippen molar-refractivity contribution in [1.82, 2.24) is 14.1 Å². The number of hydrogen-bond donors (Lipinski definition) is 1. The van der Waals surface area contributed by atoms with Gasteiger partial charge in [0.1, 0.15) is 0 Å². The van der Waals surface area contributed by atoms with Crippen LogP contribution in [0.4, 0.5) is 5.95 Å². The van der Waals surface area contributed by atoms with Crippen LogP contribution in [-0.4, -0.2) is 21.2 Å². The largest absolute Gasteiger partial charge is 0.359 e. The predicted molar refractivity (Wildman–Crippen MR) is 74.4 cm³/mol. The molecule has 2 rings (SSSR count). The first-order valence-electron chi connectivity index (χ1n) is 5.60. The van der Waals surface area contributed by atoms with Crippen molar-refractivity contribution >= 4 is 17.5 Å². The molecule has 0 atom stereocenters. The number of aryl methyl sites for hydroxylation is 1. The Hall–Kier alpha value is -2.08. The zero-order valence-corrected chi connectivity index (χ0v) is 11.5. The van der Waals surface area contributed by atoms with Crippen molar-refractivity contribution in [2.24, 2.45) is 7.05 Å². The van der Waals surface area contributed by atoms with E-state index in [4.69, 9.17) is 11.6 Å². The monoisotopic (exact) mass is 280 g/mol. The van der Waals surface area contributed by atoms with Crippen LogP contribution < -0.4 is 16.7 Å². The molecular formula is C12H13ClN4O2. The van der Waals surface area contributed by atoms with Crippen LogP contribution in [0.15, 0.2) is 27.8 Å². The Kier molecular flexibility index (Phi) is 3.44. The Morgan fingerprint density at radius 1 is 1.32 bits per heavy atom. The lowest BCUT2D eigenvalue weighted by atomic mass is 10.2. The summed E-state index contributed by atoms with van der Waals surface area (Å²) < 4.78 is 2.19. The average Bonchev–Trinajstić information content (AvgIpc) is 2.36. The molecule has 6 nitrogen and oxygen atoms in total. The molecule has 0 unspecified atom stereocenters. The lowest BCUT2D eigenvalue weighted by Gasteiger charge is -2.11. The lowest BCUT2D eigenvalue weighted by Crippen LogP contribution is -2.40. The summed E-state index contributed by atoms with van der Waals surface area (Å²) in [6.07, 6.45) is 0. The van der Waals surface area contributed by atoms with E-state index >= 15 is 0 Å². The van der Waals surface area contributed by atoms with Crippen LogP contribution in [0.5, 0.6) is 0 Å². The standard InChI is InChI=1S/C12H13ClN4O2/c1-7-4-5-9(8(13)6-7)17-11(18)15-10(14-2)16(3)12(17)19/h4-6H,1-3H3,(H,14,15,18). The van der Waals surface area contributed by atoms with Gasteiger partial charge in [0.25, 0.3) is 0 Å². The Morgan fingerprint density at radius 3 is 2.58 bits per heavy atom. The van der Waals surface area contributed by atoms with E-state index in [9.17, 15) is 9.59 Å². The van der Waals surface area contributed by atoms with Gasteiger partial charge in [0.15, 0.2) is 0 Å². The molecule has 19 heavy (non-hydrogen) atoms. The molecule has 0 spiro atoms. The molecular weight excluding hydrogens is 268 g/mol. The van der Waals surface area contributed by atoms with E-state index in [0.29, 0.717) is 10.7 Å². The summed E-state index contributed by atoms with van der Waals surface area (Å²) in [6, 6.07) is 5.09. The number of anilines is 1. The summed E-state index contributed by atoms with van der Waals surface area (Å²) in [5.74, 6) is 0.203. The SMILES string of the molecule is CNc1nc(=O)n(-c2ccc(C)cc2Cl)c(=O)n1C. The zero-order valence-electron chi connectivity index (χ0n) is 10.8. The molecule has 0 aliphatic heterocycles. The number of aromatic nitrogens is 3. The minimum absolute atomic E-state index is 0.203. The molecule has 1 aromatic heterocycles. The average molecular weight is 281 g/mol. The van der Waals surface area contributed by atoms with Gasteiger partial charge in [-0.05, 0) is 24.6 Å². The molecule has 0 amide bonds. The number of benzene rings is 1. The van der Waals surface area contributed by atoms with Gasteiger partial charge >= 0.3 is 11.4 Å². The molecule has 0 aliphatic carbocycles. The van der Waals surface area contributed by atoms with Crippen molar-refractivity contribution in [2.45, 2.75) is 6.92 Å². The van der Waals surface area contributed by atoms with Crippen LogP contribution in [0.1, 0.15) is 5.56 Å².